The molecule has 2 aliphatic heterocycles. The third-order valence-corrected chi connectivity index (χ3v) is 4.02. The van der Waals surface area contributed by atoms with Crippen LogP contribution in [0.2, 0.25) is 0 Å². The van der Waals surface area contributed by atoms with Crippen molar-refractivity contribution < 1.29 is 4.57 Å². The van der Waals surface area contributed by atoms with Crippen molar-refractivity contribution in [2.75, 3.05) is 26.2 Å². The van der Waals surface area contributed by atoms with Crippen LogP contribution in [0, 0.1) is 0 Å². The van der Waals surface area contributed by atoms with E-state index in [-0.39, 0.29) is 0 Å². The van der Waals surface area contributed by atoms with Crippen molar-refractivity contribution in [1.82, 2.24) is 14.9 Å². The second kappa shape index (κ2) is 4.49. The summed E-state index contributed by atoms with van der Waals surface area (Å²) in [4.78, 5) is 1.65. The number of hydrogen-bond acceptors (Lipinski definition) is 3. The van der Waals surface area contributed by atoms with Crippen LogP contribution < -0.4 is 11.0 Å². The van der Waals surface area contributed by atoms with Gasteiger partial charge in [0.05, 0.1) is 0 Å². The lowest BCUT2D eigenvalue weighted by atomic mass is 10.4. The zero-order valence-corrected chi connectivity index (χ0v) is 9.90. The Hall–Kier alpha value is 0.0300. The second-order valence-corrected chi connectivity index (χ2v) is 5.97. The minimum Gasteiger partial charge on any atom is -0.269 e. The van der Waals surface area contributed by atoms with Gasteiger partial charge in [-0.15, -0.1) is 0 Å². The van der Waals surface area contributed by atoms with Gasteiger partial charge < -0.3 is 0 Å². The molecule has 0 spiro atoms. The number of hydrazine groups is 2. The number of nitrogens with two attached hydrogens (primary N) is 2. The van der Waals surface area contributed by atoms with Gasteiger partial charge in [-0.25, -0.2) is 10.0 Å². The van der Waals surface area contributed by atoms with Crippen LogP contribution in [0.25, 0.3) is 0 Å². The first-order valence-corrected chi connectivity index (χ1v) is 7.36. The molecule has 2 saturated heterocycles. The van der Waals surface area contributed by atoms with Crippen LogP contribution in [0.5, 0.6) is 0 Å². The summed E-state index contributed by atoms with van der Waals surface area (Å²) >= 11 is 0. The molecule has 7 heteroatoms. The summed E-state index contributed by atoms with van der Waals surface area (Å²) in [7, 11) is -3.19. The number of nitrogens with zero attached hydrogens (tertiary/aromatic N) is 3. The molecule has 0 unspecified atom stereocenters. The monoisotopic (exact) mass is 233 g/mol. The summed E-state index contributed by atoms with van der Waals surface area (Å²) in [5, 5.41) is 4.07. The fourth-order valence-corrected chi connectivity index (χ4v) is 3.48. The van der Waals surface area contributed by atoms with Crippen LogP contribution in [0.15, 0.2) is 0 Å². The van der Waals surface area contributed by atoms with Crippen molar-refractivity contribution >= 4 is 7.59 Å². The van der Waals surface area contributed by atoms with E-state index in [4.69, 9.17) is 11.0 Å². The van der Waals surface area contributed by atoms with Crippen molar-refractivity contribution in [3.63, 3.8) is 0 Å². The van der Waals surface area contributed by atoms with Crippen molar-refractivity contribution in [2.45, 2.75) is 25.7 Å². The highest BCUT2D eigenvalue weighted by molar-refractivity contribution is 7.56. The SMILES string of the molecule is NP(N)(=O)N(N1CCCC1)N1CCCC1. The lowest BCUT2D eigenvalue weighted by Gasteiger charge is -2.39. The fourth-order valence-electron chi connectivity index (χ4n) is 2.33. The third kappa shape index (κ3) is 2.58. The maximum Gasteiger partial charge on any atom is 0.303 e. The smallest absolute Gasteiger partial charge is 0.269 e. The summed E-state index contributed by atoms with van der Waals surface area (Å²) in [6.07, 6.45) is 4.52. The highest BCUT2D eigenvalue weighted by Crippen LogP contribution is 2.38. The van der Waals surface area contributed by atoms with E-state index >= 15 is 0 Å². The standard InChI is InChI=1S/C8H20N5OP/c9-15(10,14)13(11-5-1-2-6-11)12-7-3-4-8-12/h1-8H2,(H4,9,10,14). The molecule has 0 aromatic heterocycles. The molecular formula is C8H20N5OP. The molecule has 88 valence electrons. The van der Waals surface area contributed by atoms with E-state index in [1.807, 2.05) is 10.0 Å². The maximum absolute atomic E-state index is 11.9. The number of hydrogen-bond donors (Lipinski definition) is 2. The predicted molar refractivity (Wildman–Crippen MR) is 59.4 cm³/mol. The fraction of sp³-hybridized carbons (Fsp3) is 1.00. The summed E-state index contributed by atoms with van der Waals surface area (Å²) in [6.45, 7) is 3.65. The highest BCUT2D eigenvalue weighted by Gasteiger charge is 2.35. The van der Waals surface area contributed by atoms with Gasteiger partial charge in [-0.3, -0.25) is 15.6 Å². The molecule has 2 aliphatic rings. The van der Waals surface area contributed by atoms with Crippen LogP contribution >= 0.6 is 7.59 Å². The lowest BCUT2D eigenvalue weighted by molar-refractivity contribution is -0.0865. The second-order valence-electron chi connectivity index (χ2n) is 4.26. The number of rotatable bonds is 3. The Morgan fingerprint density at radius 1 is 0.867 bits per heavy atom. The maximum atomic E-state index is 11.9. The van der Waals surface area contributed by atoms with Crippen molar-refractivity contribution in [2.24, 2.45) is 11.0 Å². The van der Waals surface area contributed by atoms with Crippen LogP contribution in [0.1, 0.15) is 25.7 Å². The molecule has 0 saturated carbocycles. The molecule has 2 heterocycles. The third-order valence-electron chi connectivity index (χ3n) is 2.95. The van der Waals surface area contributed by atoms with Gasteiger partial charge in [0.2, 0.25) is 0 Å². The van der Waals surface area contributed by atoms with Gasteiger partial charge in [0.15, 0.2) is 0 Å². The molecule has 0 bridgehead atoms. The zero-order valence-electron chi connectivity index (χ0n) is 9.01. The Morgan fingerprint density at radius 2 is 1.20 bits per heavy atom. The first-order valence-electron chi connectivity index (χ1n) is 5.56. The molecular weight excluding hydrogens is 213 g/mol. The molecule has 0 aliphatic carbocycles. The van der Waals surface area contributed by atoms with Gasteiger partial charge in [0.25, 0.3) is 0 Å². The molecule has 0 atom stereocenters. The van der Waals surface area contributed by atoms with Gasteiger partial charge in [-0.05, 0) is 25.7 Å². The van der Waals surface area contributed by atoms with E-state index in [0.717, 1.165) is 51.9 Å². The van der Waals surface area contributed by atoms with E-state index in [0.29, 0.717) is 0 Å². The molecule has 15 heavy (non-hydrogen) atoms. The Kier molecular flexibility index (Phi) is 3.45. The Balaban J connectivity index is 2.11. The average molecular weight is 233 g/mol. The van der Waals surface area contributed by atoms with Crippen molar-refractivity contribution in [3.8, 4) is 0 Å². The van der Waals surface area contributed by atoms with E-state index in [1.54, 1.807) is 4.89 Å². The molecule has 0 radical (unpaired) electrons. The van der Waals surface area contributed by atoms with Gasteiger partial charge in [0, 0.05) is 26.2 Å². The lowest BCUT2D eigenvalue weighted by Crippen LogP contribution is -2.51. The minimum absolute atomic E-state index is 0.912. The van der Waals surface area contributed by atoms with E-state index in [2.05, 4.69) is 0 Å². The van der Waals surface area contributed by atoms with Crippen LogP contribution in [0.4, 0.5) is 0 Å². The van der Waals surface area contributed by atoms with E-state index in [1.165, 1.54) is 0 Å². The molecule has 0 aromatic rings. The first kappa shape index (κ1) is 11.5. The van der Waals surface area contributed by atoms with Crippen molar-refractivity contribution in [3.05, 3.63) is 0 Å². The molecule has 4 N–H and O–H groups in total. The highest BCUT2D eigenvalue weighted by atomic mass is 31.2. The Labute approximate surface area is 90.6 Å². The van der Waals surface area contributed by atoms with E-state index in [9.17, 15) is 4.57 Å². The van der Waals surface area contributed by atoms with Crippen LogP contribution in [-0.4, -0.2) is 41.1 Å². The first-order chi connectivity index (χ1) is 7.09. The van der Waals surface area contributed by atoms with Crippen molar-refractivity contribution in [1.29, 1.82) is 0 Å². The van der Waals surface area contributed by atoms with Gasteiger partial charge in [0.1, 0.15) is 0 Å². The quantitative estimate of drug-likeness (QED) is 0.684. The van der Waals surface area contributed by atoms with Gasteiger partial charge in [-0.1, -0.05) is 4.89 Å². The summed E-state index contributed by atoms with van der Waals surface area (Å²) < 4.78 is 11.9. The Bertz CT molecular complexity index is 240. The molecule has 0 aromatic carbocycles. The average Bonchev–Trinajstić information content (AvgIpc) is 2.73. The van der Waals surface area contributed by atoms with Gasteiger partial charge in [-0.2, -0.15) is 0 Å². The zero-order chi connectivity index (χ0) is 10.9. The summed E-state index contributed by atoms with van der Waals surface area (Å²) in [6, 6.07) is 0. The van der Waals surface area contributed by atoms with Gasteiger partial charge >= 0.3 is 7.59 Å². The molecule has 2 fully saturated rings. The van der Waals surface area contributed by atoms with Crippen LogP contribution in [-0.2, 0) is 4.57 Å². The van der Waals surface area contributed by atoms with E-state index < -0.39 is 7.59 Å². The largest absolute Gasteiger partial charge is 0.303 e. The molecule has 6 nitrogen and oxygen atoms in total. The summed E-state index contributed by atoms with van der Waals surface area (Å²) in [5.74, 6) is 0. The minimum atomic E-state index is -3.19. The summed E-state index contributed by atoms with van der Waals surface area (Å²) in [5.41, 5.74) is 11.2. The molecule has 0 amide bonds. The molecule has 2 rings (SSSR count). The normalized spacial score (nSPS) is 25.5. The van der Waals surface area contributed by atoms with Crippen LogP contribution in [0.3, 0.4) is 0 Å². The Morgan fingerprint density at radius 3 is 1.47 bits per heavy atom. The predicted octanol–water partition coefficient (Wildman–Crippen LogP) is 0.335. The topological polar surface area (TPSA) is 78.8 Å².